The lowest BCUT2D eigenvalue weighted by atomic mass is 10.4. The number of nitrogens with one attached hydrogen (secondary N) is 1. The second-order valence-corrected chi connectivity index (χ2v) is 3.49. The fraction of sp³-hybridized carbons (Fsp3) is 0. The van der Waals surface area contributed by atoms with Gasteiger partial charge in [-0.15, -0.1) is 0 Å². The van der Waals surface area contributed by atoms with E-state index in [9.17, 15) is 8.42 Å². The molecule has 0 aliphatic rings. The van der Waals surface area contributed by atoms with E-state index in [2.05, 4.69) is 4.98 Å². The number of hydrogen-bond donors (Lipinski definition) is 2. The Balaban J connectivity index is 2.98. The van der Waals surface area contributed by atoms with Crippen molar-refractivity contribution in [1.29, 1.82) is 0 Å². The highest BCUT2D eigenvalue weighted by Gasteiger charge is 2.06. The minimum absolute atomic E-state index is 0.0432. The lowest BCUT2D eigenvalue weighted by molar-refractivity contribution is 0.489. The van der Waals surface area contributed by atoms with E-state index < -0.39 is 10.3 Å². The fourth-order valence-electron chi connectivity index (χ4n) is 0.592. The molecule has 1 heterocycles. The standard InChI is InChI=1S/C5H5ClN2O3S/c6-4-1-2-7-3-5(4)8-12(9,10)11/h1-3,8H,(H,9,10,11). The zero-order valence-electron chi connectivity index (χ0n) is 5.73. The lowest BCUT2D eigenvalue weighted by Crippen LogP contribution is -2.10. The number of hydrogen-bond acceptors (Lipinski definition) is 3. The zero-order valence-corrected chi connectivity index (χ0v) is 7.30. The van der Waals surface area contributed by atoms with Crippen molar-refractivity contribution in [2.24, 2.45) is 0 Å². The van der Waals surface area contributed by atoms with E-state index in [0.717, 1.165) is 0 Å². The number of aromatic nitrogens is 1. The Hall–Kier alpha value is -0.850. The Morgan fingerprint density at radius 1 is 1.58 bits per heavy atom. The second kappa shape index (κ2) is 3.26. The van der Waals surface area contributed by atoms with Crippen LogP contribution in [0, 0.1) is 0 Å². The molecule has 0 aliphatic carbocycles. The van der Waals surface area contributed by atoms with Gasteiger partial charge in [0, 0.05) is 6.20 Å². The van der Waals surface area contributed by atoms with Gasteiger partial charge in [-0.1, -0.05) is 11.6 Å². The average Bonchev–Trinajstić information content (AvgIpc) is 1.91. The molecule has 0 fully saturated rings. The maximum Gasteiger partial charge on any atom is 0.357 e. The summed E-state index contributed by atoms with van der Waals surface area (Å²) in [6.07, 6.45) is 2.59. The number of anilines is 1. The van der Waals surface area contributed by atoms with Crippen LogP contribution >= 0.6 is 11.6 Å². The first-order valence-electron chi connectivity index (χ1n) is 2.84. The van der Waals surface area contributed by atoms with Crippen molar-refractivity contribution in [3.8, 4) is 0 Å². The summed E-state index contributed by atoms with van der Waals surface area (Å²) in [4.78, 5) is 3.61. The molecule has 0 spiro atoms. The van der Waals surface area contributed by atoms with E-state index in [0.29, 0.717) is 0 Å². The van der Waals surface area contributed by atoms with Gasteiger partial charge in [-0.2, -0.15) is 8.42 Å². The van der Waals surface area contributed by atoms with Crippen LogP contribution in [0.3, 0.4) is 0 Å². The first-order valence-corrected chi connectivity index (χ1v) is 4.65. The van der Waals surface area contributed by atoms with Crippen LogP contribution in [0.15, 0.2) is 18.5 Å². The highest BCUT2D eigenvalue weighted by Crippen LogP contribution is 2.19. The molecule has 0 unspecified atom stereocenters. The van der Waals surface area contributed by atoms with Gasteiger partial charge in [0.15, 0.2) is 0 Å². The van der Waals surface area contributed by atoms with Crippen LogP contribution in [0.25, 0.3) is 0 Å². The molecular weight excluding hydrogens is 204 g/mol. The molecule has 0 bridgehead atoms. The van der Waals surface area contributed by atoms with Gasteiger partial charge in [-0.3, -0.25) is 14.3 Å². The molecule has 0 amide bonds. The Morgan fingerprint density at radius 2 is 2.25 bits per heavy atom. The monoisotopic (exact) mass is 208 g/mol. The number of halogens is 1. The Labute approximate surface area is 74.3 Å². The van der Waals surface area contributed by atoms with Crippen LogP contribution in [-0.4, -0.2) is 18.0 Å². The maximum atomic E-state index is 10.3. The van der Waals surface area contributed by atoms with Crippen LogP contribution in [-0.2, 0) is 10.3 Å². The summed E-state index contributed by atoms with van der Waals surface area (Å²) in [5.74, 6) is 0. The Kier molecular flexibility index (Phi) is 2.51. The average molecular weight is 209 g/mol. The van der Waals surface area contributed by atoms with Gasteiger partial charge < -0.3 is 0 Å². The quantitative estimate of drug-likeness (QED) is 0.710. The van der Waals surface area contributed by atoms with E-state index in [4.69, 9.17) is 16.2 Å². The van der Waals surface area contributed by atoms with Gasteiger partial charge >= 0.3 is 10.3 Å². The number of nitrogens with zero attached hydrogens (tertiary/aromatic N) is 1. The molecule has 66 valence electrons. The Bertz CT molecular complexity index is 378. The molecule has 0 aromatic carbocycles. The minimum atomic E-state index is -4.27. The van der Waals surface area contributed by atoms with Crippen LogP contribution < -0.4 is 4.72 Å². The second-order valence-electron chi connectivity index (χ2n) is 1.93. The van der Waals surface area contributed by atoms with Crippen molar-refractivity contribution in [2.45, 2.75) is 0 Å². The summed E-state index contributed by atoms with van der Waals surface area (Å²) >= 11 is 5.55. The molecule has 1 aromatic rings. The summed E-state index contributed by atoms with van der Waals surface area (Å²) < 4.78 is 30.8. The topological polar surface area (TPSA) is 79.3 Å². The SMILES string of the molecule is O=S(=O)(O)Nc1cnccc1Cl. The predicted molar refractivity (Wildman–Crippen MR) is 44.4 cm³/mol. The molecule has 5 nitrogen and oxygen atoms in total. The minimum Gasteiger partial charge on any atom is -0.269 e. The molecule has 1 rings (SSSR count). The summed E-state index contributed by atoms with van der Waals surface area (Å²) in [7, 11) is -4.27. The van der Waals surface area contributed by atoms with Crippen molar-refractivity contribution in [3.05, 3.63) is 23.5 Å². The summed E-state index contributed by atoms with van der Waals surface area (Å²) in [6, 6.07) is 1.40. The lowest BCUT2D eigenvalue weighted by Gasteiger charge is -2.02. The molecule has 0 saturated carbocycles. The van der Waals surface area contributed by atoms with Crippen LogP contribution in [0.2, 0.25) is 5.02 Å². The van der Waals surface area contributed by atoms with Gasteiger partial charge in [0.2, 0.25) is 0 Å². The van der Waals surface area contributed by atoms with E-state index in [-0.39, 0.29) is 10.7 Å². The van der Waals surface area contributed by atoms with E-state index in [1.165, 1.54) is 18.5 Å². The fourth-order valence-corrected chi connectivity index (χ4v) is 1.24. The third-order valence-electron chi connectivity index (χ3n) is 1.01. The smallest absolute Gasteiger partial charge is 0.269 e. The van der Waals surface area contributed by atoms with Gasteiger partial charge in [0.25, 0.3) is 0 Å². The first-order chi connectivity index (χ1) is 5.49. The predicted octanol–water partition coefficient (Wildman–Crippen LogP) is 0.950. The molecule has 2 N–H and O–H groups in total. The highest BCUT2D eigenvalue weighted by atomic mass is 35.5. The molecule has 7 heteroatoms. The van der Waals surface area contributed by atoms with Crippen LogP contribution in [0.1, 0.15) is 0 Å². The van der Waals surface area contributed by atoms with Crippen molar-refractivity contribution in [1.82, 2.24) is 4.98 Å². The van der Waals surface area contributed by atoms with Crippen molar-refractivity contribution in [3.63, 3.8) is 0 Å². The van der Waals surface area contributed by atoms with E-state index in [1.807, 2.05) is 0 Å². The third-order valence-corrected chi connectivity index (χ3v) is 1.81. The molecule has 1 aromatic heterocycles. The van der Waals surface area contributed by atoms with Crippen molar-refractivity contribution in [2.75, 3.05) is 4.72 Å². The van der Waals surface area contributed by atoms with E-state index >= 15 is 0 Å². The molecule has 0 radical (unpaired) electrons. The highest BCUT2D eigenvalue weighted by molar-refractivity contribution is 7.87. The van der Waals surface area contributed by atoms with Crippen molar-refractivity contribution < 1.29 is 13.0 Å². The third kappa shape index (κ3) is 2.65. The molecule has 0 aliphatic heterocycles. The van der Waals surface area contributed by atoms with Crippen LogP contribution in [0.5, 0.6) is 0 Å². The summed E-state index contributed by atoms with van der Waals surface area (Å²) in [5.41, 5.74) is 0.0432. The van der Waals surface area contributed by atoms with Gasteiger partial charge in [0.05, 0.1) is 16.9 Å². The molecule has 0 saturated heterocycles. The van der Waals surface area contributed by atoms with E-state index in [1.54, 1.807) is 4.72 Å². The number of pyridine rings is 1. The molecular formula is C5H5ClN2O3S. The summed E-state index contributed by atoms with van der Waals surface area (Å²) in [6.45, 7) is 0. The van der Waals surface area contributed by atoms with Gasteiger partial charge in [-0.05, 0) is 6.07 Å². The molecule has 0 atom stereocenters. The van der Waals surface area contributed by atoms with Gasteiger partial charge in [0.1, 0.15) is 0 Å². The van der Waals surface area contributed by atoms with Gasteiger partial charge in [-0.25, -0.2) is 0 Å². The normalized spacial score (nSPS) is 11.2. The maximum absolute atomic E-state index is 10.3. The largest absolute Gasteiger partial charge is 0.357 e. The van der Waals surface area contributed by atoms with Crippen molar-refractivity contribution >= 4 is 27.6 Å². The zero-order chi connectivity index (χ0) is 9.19. The number of rotatable bonds is 2. The summed E-state index contributed by atoms with van der Waals surface area (Å²) in [5, 5.41) is 0.169. The molecule has 12 heavy (non-hydrogen) atoms. The van der Waals surface area contributed by atoms with Crippen LogP contribution in [0.4, 0.5) is 5.69 Å². The Morgan fingerprint density at radius 3 is 2.75 bits per heavy atom. The first kappa shape index (κ1) is 9.24.